The Morgan fingerprint density at radius 1 is 1.04 bits per heavy atom. The van der Waals surface area contributed by atoms with E-state index in [-0.39, 0.29) is 17.8 Å². The fourth-order valence-corrected chi connectivity index (χ4v) is 7.53. The first kappa shape index (κ1) is 17.1. The molecule has 0 saturated heterocycles. The van der Waals surface area contributed by atoms with E-state index in [9.17, 15) is 15.3 Å². The van der Waals surface area contributed by atoms with Crippen LogP contribution >= 0.6 is 0 Å². The number of rotatable bonds is 2. The van der Waals surface area contributed by atoms with E-state index in [1.54, 1.807) is 5.57 Å². The lowest BCUT2D eigenvalue weighted by atomic mass is 9.47. The predicted octanol–water partition coefficient (Wildman–Crippen LogP) is 3.98. The summed E-state index contributed by atoms with van der Waals surface area (Å²) in [4.78, 5) is 0. The van der Waals surface area contributed by atoms with Crippen molar-refractivity contribution in [3.8, 4) is 0 Å². The van der Waals surface area contributed by atoms with Crippen molar-refractivity contribution < 1.29 is 15.3 Å². The molecular weight excluding hydrogens is 300 g/mol. The van der Waals surface area contributed by atoms with Gasteiger partial charge < -0.3 is 15.3 Å². The Hall–Kier alpha value is -0.380. The minimum absolute atomic E-state index is 0.111. The second-order valence-electron chi connectivity index (χ2n) is 9.75. The van der Waals surface area contributed by atoms with Crippen LogP contribution in [0.2, 0.25) is 0 Å². The molecule has 136 valence electrons. The van der Waals surface area contributed by atoms with E-state index in [0.29, 0.717) is 11.3 Å². The summed E-state index contributed by atoms with van der Waals surface area (Å²) in [5.41, 5.74) is 2.34. The van der Waals surface area contributed by atoms with E-state index in [1.165, 1.54) is 51.4 Å². The largest absolute Gasteiger partial charge is 0.344 e. The molecule has 4 aliphatic carbocycles. The zero-order valence-electron chi connectivity index (χ0n) is 15.3. The van der Waals surface area contributed by atoms with Gasteiger partial charge in [-0.2, -0.15) is 0 Å². The molecule has 0 aliphatic heterocycles. The van der Waals surface area contributed by atoms with Gasteiger partial charge in [0.05, 0.1) is 0 Å². The van der Waals surface area contributed by atoms with Gasteiger partial charge in [-0.25, -0.2) is 0 Å². The maximum atomic E-state index is 9.51. The molecular formula is C21H34O3. The number of aliphatic hydroxyl groups is 3. The van der Waals surface area contributed by atoms with Crippen LogP contribution < -0.4 is 0 Å². The molecule has 0 bridgehead atoms. The van der Waals surface area contributed by atoms with Gasteiger partial charge in [-0.05, 0) is 92.3 Å². The van der Waals surface area contributed by atoms with E-state index < -0.39 is 5.97 Å². The topological polar surface area (TPSA) is 60.7 Å². The van der Waals surface area contributed by atoms with Crippen LogP contribution in [0.15, 0.2) is 11.6 Å². The summed E-state index contributed by atoms with van der Waals surface area (Å²) in [5, 5.41) is 28.5. The number of hydrogen-bond donors (Lipinski definition) is 3. The lowest BCUT2D eigenvalue weighted by molar-refractivity contribution is -0.323. The standard InChI is InChI=1S/C21H34O3/c1-19-11-4-3-5-14(19)6-8-16-17-9-7-15(13-21(22,23)24)20(17,2)12-10-18(16)19/h5,15-18,22-24H,3-4,6-13H2,1-2H3/t15-,16+,17+,18+,19+,20-/m1/s1. The second kappa shape index (κ2) is 5.56. The Bertz CT molecular complexity index is 534. The Morgan fingerprint density at radius 2 is 1.83 bits per heavy atom. The second-order valence-corrected chi connectivity index (χ2v) is 9.75. The average molecular weight is 334 g/mol. The van der Waals surface area contributed by atoms with Gasteiger partial charge in [0.25, 0.3) is 5.97 Å². The molecule has 0 spiro atoms. The first-order valence-electron chi connectivity index (χ1n) is 10.1. The summed E-state index contributed by atoms with van der Waals surface area (Å²) >= 11 is 0. The summed E-state index contributed by atoms with van der Waals surface area (Å²) in [6.07, 6.45) is 13.9. The Balaban J connectivity index is 1.60. The Kier molecular flexibility index (Phi) is 3.95. The first-order valence-corrected chi connectivity index (χ1v) is 10.1. The maximum absolute atomic E-state index is 9.51. The zero-order chi connectivity index (χ0) is 17.2. The van der Waals surface area contributed by atoms with E-state index >= 15 is 0 Å². The summed E-state index contributed by atoms with van der Waals surface area (Å²) < 4.78 is 0. The highest BCUT2D eigenvalue weighted by Crippen LogP contribution is 2.67. The van der Waals surface area contributed by atoms with Crippen LogP contribution in [0.3, 0.4) is 0 Å². The lowest BCUT2D eigenvalue weighted by Crippen LogP contribution is -2.50. The van der Waals surface area contributed by atoms with Crippen LogP contribution in [0.25, 0.3) is 0 Å². The summed E-state index contributed by atoms with van der Waals surface area (Å²) in [6.45, 7) is 4.90. The molecule has 0 heterocycles. The minimum atomic E-state index is -2.50. The van der Waals surface area contributed by atoms with Crippen LogP contribution in [0.4, 0.5) is 0 Å². The monoisotopic (exact) mass is 334 g/mol. The molecule has 24 heavy (non-hydrogen) atoms. The molecule has 6 atom stereocenters. The molecule has 3 heteroatoms. The van der Waals surface area contributed by atoms with E-state index in [2.05, 4.69) is 19.9 Å². The summed E-state index contributed by atoms with van der Waals surface area (Å²) in [6, 6.07) is 0. The fraction of sp³-hybridized carbons (Fsp3) is 0.905. The molecule has 0 radical (unpaired) electrons. The minimum Gasteiger partial charge on any atom is -0.344 e. The number of allylic oxidation sites excluding steroid dienone is 2. The zero-order valence-corrected chi connectivity index (χ0v) is 15.3. The van der Waals surface area contributed by atoms with E-state index in [1.807, 2.05) is 0 Å². The van der Waals surface area contributed by atoms with Gasteiger partial charge in [0, 0.05) is 6.42 Å². The third-order valence-electron chi connectivity index (χ3n) is 8.74. The van der Waals surface area contributed by atoms with Gasteiger partial charge in [0.1, 0.15) is 0 Å². The molecule has 0 unspecified atom stereocenters. The van der Waals surface area contributed by atoms with Crippen molar-refractivity contribution in [2.24, 2.45) is 34.5 Å². The lowest BCUT2D eigenvalue weighted by Gasteiger charge is -2.58. The van der Waals surface area contributed by atoms with Gasteiger partial charge in [0.15, 0.2) is 0 Å². The molecule has 4 aliphatic rings. The molecule has 0 aromatic heterocycles. The van der Waals surface area contributed by atoms with Gasteiger partial charge in [-0.15, -0.1) is 0 Å². The van der Waals surface area contributed by atoms with E-state index in [0.717, 1.165) is 18.3 Å². The van der Waals surface area contributed by atoms with Crippen molar-refractivity contribution in [1.29, 1.82) is 0 Å². The highest BCUT2D eigenvalue weighted by atomic mass is 16.7. The molecule has 0 aromatic rings. The molecule has 3 saturated carbocycles. The van der Waals surface area contributed by atoms with Crippen molar-refractivity contribution in [3.63, 3.8) is 0 Å². The van der Waals surface area contributed by atoms with Crippen LogP contribution in [-0.4, -0.2) is 21.3 Å². The maximum Gasteiger partial charge on any atom is 0.275 e. The van der Waals surface area contributed by atoms with Crippen LogP contribution in [-0.2, 0) is 0 Å². The molecule has 3 N–H and O–H groups in total. The predicted molar refractivity (Wildman–Crippen MR) is 93.8 cm³/mol. The van der Waals surface area contributed by atoms with Crippen molar-refractivity contribution in [3.05, 3.63) is 11.6 Å². The van der Waals surface area contributed by atoms with Gasteiger partial charge >= 0.3 is 0 Å². The number of hydrogen-bond acceptors (Lipinski definition) is 3. The van der Waals surface area contributed by atoms with E-state index in [4.69, 9.17) is 0 Å². The van der Waals surface area contributed by atoms with Crippen molar-refractivity contribution >= 4 is 0 Å². The number of fused-ring (bicyclic) bond motifs is 5. The molecule has 3 fully saturated rings. The highest BCUT2D eigenvalue weighted by Gasteiger charge is 2.59. The molecule has 3 nitrogen and oxygen atoms in total. The SMILES string of the molecule is C[C@]12CC[C@H]3[C@@H](CCC4=CCCC[C@@]43C)[C@@H]1CC[C@@H]2CC(O)(O)O. The van der Waals surface area contributed by atoms with Crippen LogP contribution in [0, 0.1) is 34.5 Å². The molecule has 4 rings (SSSR count). The van der Waals surface area contributed by atoms with Gasteiger partial charge in [0.2, 0.25) is 0 Å². The van der Waals surface area contributed by atoms with Gasteiger partial charge in [-0.3, -0.25) is 0 Å². The average Bonchev–Trinajstić information content (AvgIpc) is 2.82. The fourth-order valence-electron chi connectivity index (χ4n) is 7.53. The van der Waals surface area contributed by atoms with Crippen LogP contribution in [0.5, 0.6) is 0 Å². The normalized spacial score (nSPS) is 48.3. The van der Waals surface area contributed by atoms with Crippen molar-refractivity contribution in [1.82, 2.24) is 0 Å². The Labute approximate surface area is 146 Å². The third-order valence-corrected chi connectivity index (χ3v) is 8.74. The molecule has 0 amide bonds. The summed E-state index contributed by atoms with van der Waals surface area (Å²) in [7, 11) is 0. The summed E-state index contributed by atoms with van der Waals surface area (Å²) in [5.74, 6) is 0.0386. The first-order chi connectivity index (χ1) is 11.2. The molecule has 0 aromatic carbocycles. The Morgan fingerprint density at radius 3 is 2.58 bits per heavy atom. The van der Waals surface area contributed by atoms with Crippen LogP contribution in [0.1, 0.15) is 78.1 Å². The van der Waals surface area contributed by atoms with Crippen molar-refractivity contribution in [2.45, 2.75) is 84.0 Å². The van der Waals surface area contributed by atoms with Crippen molar-refractivity contribution in [2.75, 3.05) is 0 Å². The smallest absolute Gasteiger partial charge is 0.275 e. The third kappa shape index (κ3) is 2.50. The van der Waals surface area contributed by atoms with Gasteiger partial charge in [-0.1, -0.05) is 25.5 Å². The quantitative estimate of drug-likeness (QED) is 0.529. The highest BCUT2D eigenvalue weighted by molar-refractivity contribution is 5.23.